The van der Waals surface area contributed by atoms with E-state index in [1.807, 2.05) is 0 Å². The van der Waals surface area contributed by atoms with E-state index in [0.717, 1.165) is 6.07 Å². The molecule has 0 spiro atoms. The minimum atomic E-state index is -1.04. The zero-order chi connectivity index (χ0) is 10.6. The van der Waals surface area contributed by atoms with Gasteiger partial charge in [-0.05, 0) is 19.2 Å². The van der Waals surface area contributed by atoms with E-state index in [2.05, 4.69) is 10.6 Å². The van der Waals surface area contributed by atoms with Crippen LogP contribution in [0.15, 0.2) is 18.2 Å². The van der Waals surface area contributed by atoms with Crippen LogP contribution < -0.4 is 10.6 Å². The Morgan fingerprint density at radius 1 is 1.43 bits per heavy atom. The first-order valence-corrected chi connectivity index (χ1v) is 4.03. The van der Waals surface area contributed by atoms with Crippen molar-refractivity contribution >= 4 is 11.6 Å². The zero-order valence-electron chi connectivity index (χ0n) is 7.60. The molecule has 0 unspecified atom stereocenters. The van der Waals surface area contributed by atoms with Gasteiger partial charge in [-0.25, -0.2) is 8.78 Å². The Morgan fingerprint density at radius 2 is 2.14 bits per heavy atom. The van der Waals surface area contributed by atoms with Gasteiger partial charge < -0.3 is 10.6 Å². The number of carbonyl (C=O) groups excluding carboxylic acids is 1. The summed E-state index contributed by atoms with van der Waals surface area (Å²) in [6.45, 7) is 0.0515. The molecule has 0 saturated heterocycles. The lowest BCUT2D eigenvalue weighted by Crippen LogP contribution is -2.25. The third-order valence-electron chi connectivity index (χ3n) is 1.56. The fraction of sp³-hybridized carbons (Fsp3) is 0.222. The average Bonchev–Trinajstić information content (AvgIpc) is 2.13. The number of anilines is 1. The molecule has 5 heteroatoms. The van der Waals surface area contributed by atoms with Gasteiger partial charge in [0.1, 0.15) is 0 Å². The molecule has 0 radical (unpaired) electrons. The summed E-state index contributed by atoms with van der Waals surface area (Å²) < 4.78 is 25.7. The van der Waals surface area contributed by atoms with Crippen LogP contribution in [-0.2, 0) is 4.79 Å². The van der Waals surface area contributed by atoms with Gasteiger partial charge in [0.15, 0.2) is 11.6 Å². The second kappa shape index (κ2) is 4.66. The molecular weight excluding hydrogens is 190 g/mol. The van der Waals surface area contributed by atoms with Crippen LogP contribution in [0.25, 0.3) is 0 Å². The van der Waals surface area contributed by atoms with Crippen LogP contribution in [0.1, 0.15) is 0 Å². The van der Waals surface area contributed by atoms with Crippen molar-refractivity contribution in [3.63, 3.8) is 0 Å². The maximum absolute atomic E-state index is 13.0. The predicted molar refractivity (Wildman–Crippen MR) is 48.9 cm³/mol. The van der Waals surface area contributed by atoms with Crippen molar-refractivity contribution in [1.82, 2.24) is 5.32 Å². The van der Waals surface area contributed by atoms with Crippen LogP contribution in [0.2, 0.25) is 0 Å². The van der Waals surface area contributed by atoms with Gasteiger partial charge in [0.2, 0.25) is 5.91 Å². The highest BCUT2D eigenvalue weighted by atomic mass is 19.2. The molecule has 1 aromatic rings. The van der Waals surface area contributed by atoms with Crippen molar-refractivity contribution in [3.8, 4) is 0 Å². The number of halogens is 2. The smallest absolute Gasteiger partial charge is 0.238 e. The monoisotopic (exact) mass is 200 g/mol. The number of amides is 1. The van der Waals surface area contributed by atoms with E-state index >= 15 is 0 Å². The van der Waals surface area contributed by atoms with E-state index in [-0.39, 0.29) is 12.2 Å². The number of rotatable bonds is 3. The first kappa shape index (κ1) is 10.6. The maximum atomic E-state index is 13.0. The molecule has 0 atom stereocenters. The van der Waals surface area contributed by atoms with Gasteiger partial charge in [-0.15, -0.1) is 0 Å². The third kappa shape index (κ3) is 2.50. The van der Waals surface area contributed by atoms with E-state index in [1.165, 1.54) is 12.1 Å². The minimum Gasteiger partial charge on any atom is -0.322 e. The van der Waals surface area contributed by atoms with Crippen molar-refractivity contribution < 1.29 is 13.6 Å². The lowest BCUT2D eigenvalue weighted by molar-refractivity contribution is -0.115. The van der Waals surface area contributed by atoms with Gasteiger partial charge in [-0.2, -0.15) is 0 Å². The standard InChI is InChI=1S/C9H10F2N2O/c1-12-5-8(14)13-7-4-2-3-6(10)9(7)11/h2-4,12H,5H2,1H3,(H,13,14). The minimum absolute atomic E-state index is 0.0515. The highest BCUT2D eigenvalue weighted by molar-refractivity contribution is 5.92. The molecule has 0 heterocycles. The number of likely N-dealkylation sites (N-methyl/N-ethyl adjacent to an activating group) is 1. The molecule has 2 N–H and O–H groups in total. The second-order valence-electron chi connectivity index (χ2n) is 2.68. The molecule has 0 fully saturated rings. The first-order chi connectivity index (χ1) is 6.65. The molecule has 14 heavy (non-hydrogen) atoms. The zero-order valence-corrected chi connectivity index (χ0v) is 7.60. The molecule has 0 aromatic heterocycles. The molecule has 76 valence electrons. The van der Waals surface area contributed by atoms with Crippen molar-refractivity contribution in [3.05, 3.63) is 29.8 Å². The Bertz CT molecular complexity index is 342. The SMILES string of the molecule is CNCC(=O)Nc1cccc(F)c1F. The van der Waals surface area contributed by atoms with Crippen LogP contribution in [0, 0.1) is 11.6 Å². The van der Waals surface area contributed by atoms with Gasteiger partial charge in [0, 0.05) is 0 Å². The van der Waals surface area contributed by atoms with Crippen LogP contribution in [-0.4, -0.2) is 19.5 Å². The normalized spacial score (nSPS) is 9.93. The van der Waals surface area contributed by atoms with Crippen LogP contribution in [0.4, 0.5) is 14.5 Å². The van der Waals surface area contributed by atoms with Gasteiger partial charge in [0.05, 0.1) is 12.2 Å². The van der Waals surface area contributed by atoms with Gasteiger partial charge in [0.25, 0.3) is 0 Å². The summed E-state index contributed by atoms with van der Waals surface area (Å²) in [5.41, 5.74) is -0.148. The summed E-state index contributed by atoms with van der Waals surface area (Å²) in [6.07, 6.45) is 0. The Hall–Kier alpha value is -1.49. The Morgan fingerprint density at radius 3 is 2.79 bits per heavy atom. The first-order valence-electron chi connectivity index (χ1n) is 4.03. The van der Waals surface area contributed by atoms with Crippen molar-refractivity contribution in [1.29, 1.82) is 0 Å². The highest BCUT2D eigenvalue weighted by Gasteiger charge is 2.09. The predicted octanol–water partition coefficient (Wildman–Crippen LogP) is 1.12. The van der Waals surface area contributed by atoms with Crippen LogP contribution in [0.3, 0.4) is 0 Å². The third-order valence-corrected chi connectivity index (χ3v) is 1.56. The lowest BCUT2D eigenvalue weighted by Gasteiger charge is -2.05. The maximum Gasteiger partial charge on any atom is 0.238 e. The Labute approximate surface area is 80.1 Å². The van der Waals surface area contributed by atoms with Gasteiger partial charge >= 0.3 is 0 Å². The summed E-state index contributed by atoms with van der Waals surface area (Å²) in [6, 6.07) is 3.61. The van der Waals surface area contributed by atoms with Crippen molar-refractivity contribution in [2.24, 2.45) is 0 Å². The van der Waals surface area contributed by atoms with Gasteiger partial charge in [-0.1, -0.05) is 6.07 Å². The number of hydrogen-bond donors (Lipinski definition) is 2. The lowest BCUT2D eigenvalue weighted by atomic mass is 10.3. The topological polar surface area (TPSA) is 41.1 Å². The van der Waals surface area contributed by atoms with E-state index in [0.29, 0.717) is 0 Å². The second-order valence-corrected chi connectivity index (χ2v) is 2.68. The molecule has 0 aliphatic rings. The van der Waals surface area contributed by atoms with E-state index in [4.69, 9.17) is 0 Å². The Kier molecular flexibility index (Phi) is 3.53. The van der Waals surface area contributed by atoms with Crippen molar-refractivity contribution in [2.45, 2.75) is 0 Å². The van der Waals surface area contributed by atoms with Crippen LogP contribution >= 0.6 is 0 Å². The van der Waals surface area contributed by atoms with E-state index in [1.54, 1.807) is 7.05 Å². The molecule has 0 aliphatic heterocycles. The molecule has 1 amide bonds. The fourth-order valence-electron chi connectivity index (χ4n) is 0.955. The summed E-state index contributed by atoms with van der Waals surface area (Å²) in [4.78, 5) is 11.0. The number of carbonyl (C=O) groups is 1. The molecule has 3 nitrogen and oxygen atoms in total. The fourth-order valence-corrected chi connectivity index (χ4v) is 0.955. The summed E-state index contributed by atoms with van der Waals surface area (Å²) >= 11 is 0. The molecule has 0 saturated carbocycles. The van der Waals surface area contributed by atoms with Crippen LogP contribution in [0.5, 0.6) is 0 Å². The molecule has 0 bridgehead atoms. The Balaban J connectivity index is 2.76. The summed E-state index contributed by atoms with van der Waals surface area (Å²) in [7, 11) is 1.58. The average molecular weight is 200 g/mol. The molecular formula is C9H10F2N2O. The molecule has 1 rings (SSSR count). The number of benzene rings is 1. The number of hydrogen-bond acceptors (Lipinski definition) is 2. The summed E-state index contributed by atoms with van der Waals surface area (Å²) in [5.74, 6) is -2.44. The van der Waals surface area contributed by atoms with Crippen molar-refractivity contribution in [2.75, 3.05) is 18.9 Å². The molecule has 1 aromatic carbocycles. The van der Waals surface area contributed by atoms with E-state index < -0.39 is 17.5 Å². The highest BCUT2D eigenvalue weighted by Crippen LogP contribution is 2.15. The van der Waals surface area contributed by atoms with E-state index in [9.17, 15) is 13.6 Å². The number of nitrogens with one attached hydrogen (secondary N) is 2. The summed E-state index contributed by atoms with van der Waals surface area (Å²) in [5, 5.41) is 4.83. The molecule has 0 aliphatic carbocycles. The quantitative estimate of drug-likeness (QED) is 0.767. The van der Waals surface area contributed by atoms with Gasteiger partial charge in [-0.3, -0.25) is 4.79 Å². The largest absolute Gasteiger partial charge is 0.322 e.